The van der Waals surface area contributed by atoms with Crippen molar-refractivity contribution in [3.8, 4) is 5.75 Å². The quantitative estimate of drug-likeness (QED) is 0.855. The molecular formula is C18H23N3O2S. The number of thiazole rings is 1. The summed E-state index contributed by atoms with van der Waals surface area (Å²) in [6.45, 7) is 8.30. The van der Waals surface area contributed by atoms with Crippen molar-refractivity contribution in [2.24, 2.45) is 0 Å². The minimum Gasteiger partial charge on any atom is -0.496 e. The molecule has 0 saturated carbocycles. The van der Waals surface area contributed by atoms with Crippen molar-refractivity contribution in [1.29, 1.82) is 0 Å². The first kappa shape index (κ1) is 16.9. The number of amides is 1. The van der Waals surface area contributed by atoms with E-state index in [1.165, 1.54) is 4.88 Å². The number of nitrogens with zero attached hydrogens (tertiary/aromatic N) is 3. The Bertz CT molecular complexity index is 721. The first-order chi connectivity index (χ1) is 11.6. The Morgan fingerprint density at radius 3 is 2.54 bits per heavy atom. The summed E-state index contributed by atoms with van der Waals surface area (Å²) in [6.07, 6.45) is 0. The van der Waals surface area contributed by atoms with Crippen LogP contribution in [-0.2, 0) is 6.54 Å². The molecule has 3 rings (SSSR count). The summed E-state index contributed by atoms with van der Waals surface area (Å²) in [6, 6.07) is 7.42. The first-order valence-electron chi connectivity index (χ1n) is 8.16. The predicted octanol–water partition coefficient (Wildman–Crippen LogP) is 2.73. The van der Waals surface area contributed by atoms with Crippen LogP contribution in [-0.4, -0.2) is 54.0 Å². The van der Waals surface area contributed by atoms with Crippen LogP contribution in [0.5, 0.6) is 5.75 Å². The van der Waals surface area contributed by atoms with E-state index in [-0.39, 0.29) is 5.91 Å². The minimum atomic E-state index is 0.0527. The summed E-state index contributed by atoms with van der Waals surface area (Å²) in [7, 11) is 1.60. The highest BCUT2D eigenvalue weighted by Gasteiger charge is 2.24. The van der Waals surface area contributed by atoms with E-state index in [4.69, 9.17) is 4.74 Å². The summed E-state index contributed by atoms with van der Waals surface area (Å²) in [5, 5.41) is 1.12. The smallest absolute Gasteiger partial charge is 0.257 e. The van der Waals surface area contributed by atoms with Crippen molar-refractivity contribution in [2.75, 3.05) is 33.3 Å². The highest BCUT2D eigenvalue weighted by Crippen LogP contribution is 2.22. The van der Waals surface area contributed by atoms with E-state index < -0.39 is 0 Å². The molecule has 0 spiro atoms. The number of hydrogen-bond acceptors (Lipinski definition) is 5. The van der Waals surface area contributed by atoms with Crippen LogP contribution >= 0.6 is 11.3 Å². The number of hydrogen-bond donors (Lipinski definition) is 0. The van der Waals surface area contributed by atoms with Crippen molar-refractivity contribution in [1.82, 2.24) is 14.8 Å². The lowest BCUT2D eigenvalue weighted by Gasteiger charge is -2.34. The summed E-state index contributed by atoms with van der Waals surface area (Å²) < 4.78 is 5.31. The Morgan fingerprint density at radius 2 is 1.92 bits per heavy atom. The van der Waals surface area contributed by atoms with Gasteiger partial charge in [0.1, 0.15) is 5.75 Å². The summed E-state index contributed by atoms with van der Waals surface area (Å²) in [4.78, 5) is 22.9. The van der Waals surface area contributed by atoms with E-state index in [1.807, 2.05) is 36.1 Å². The second-order valence-electron chi connectivity index (χ2n) is 6.01. The number of piperazine rings is 1. The fourth-order valence-electron chi connectivity index (χ4n) is 3.02. The molecule has 1 aliphatic heterocycles. The lowest BCUT2D eigenvalue weighted by atomic mass is 10.1. The average Bonchev–Trinajstić information content (AvgIpc) is 2.92. The number of aromatic nitrogens is 1. The molecule has 1 amide bonds. The zero-order valence-electron chi connectivity index (χ0n) is 14.4. The third-order valence-electron chi connectivity index (χ3n) is 4.36. The molecule has 6 heteroatoms. The number of carbonyl (C=O) groups is 1. The van der Waals surface area contributed by atoms with Crippen molar-refractivity contribution in [2.45, 2.75) is 20.4 Å². The zero-order valence-corrected chi connectivity index (χ0v) is 15.2. The van der Waals surface area contributed by atoms with Crippen LogP contribution < -0.4 is 4.74 Å². The molecule has 1 saturated heterocycles. The molecule has 1 aliphatic rings. The standard InChI is InChI=1S/C18H23N3O2S/c1-13-17(24-14(2)19-13)12-20-8-10-21(11-9-20)18(22)15-6-4-5-7-16(15)23-3/h4-7H,8-12H2,1-3H3. The number of para-hydroxylation sites is 1. The SMILES string of the molecule is COc1ccccc1C(=O)N1CCN(Cc2sc(C)nc2C)CC1. The number of ether oxygens (including phenoxy) is 1. The van der Waals surface area contributed by atoms with Crippen LogP contribution in [0.4, 0.5) is 0 Å². The Balaban J connectivity index is 1.60. The maximum atomic E-state index is 12.7. The number of benzene rings is 1. The Kier molecular flexibility index (Phi) is 5.16. The molecule has 128 valence electrons. The molecule has 1 aromatic heterocycles. The van der Waals surface area contributed by atoms with Gasteiger partial charge in [-0.25, -0.2) is 4.98 Å². The van der Waals surface area contributed by atoms with Crippen molar-refractivity contribution < 1.29 is 9.53 Å². The fourth-order valence-corrected chi connectivity index (χ4v) is 4.00. The predicted molar refractivity (Wildman–Crippen MR) is 95.8 cm³/mol. The Morgan fingerprint density at radius 1 is 1.21 bits per heavy atom. The largest absolute Gasteiger partial charge is 0.496 e. The van der Waals surface area contributed by atoms with Crippen molar-refractivity contribution in [3.05, 3.63) is 45.4 Å². The van der Waals surface area contributed by atoms with Gasteiger partial charge < -0.3 is 9.64 Å². The third-order valence-corrected chi connectivity index (χ3v) is 5.42. The first-order valence-corrected chi connectivity index (χ1v) is 8.97. The van der Waals surface area contributed by atoms with Gasteiger partial charge in [-0.3, -0.25) is 9.69 Å². The van der Waals surface area contributed by atoms with Crippen LogP contribution in [0.15, 0.2) is 24.3 Å². The molecule has 0 N–H and O–H groups in total. The maximum Gasteiger partial charge on any atom is 0.257 e. The molecule has 2 aromatic rings. The Hall–Kier alpha value is -1.92. The van der Waals surface area contributed by atoms with E-state index in [9.17, 15) is 4.79 Å². The second-order valence-corrected chi connectivity index (χ2v) is 7.30. The third kappa shape index (κ3) is 3.60. The molecule has 24 heavy (non-hydrogen) atoms. The zero-order chi connectivity index (χ0) is 17.1. The van der Waals surface area contributed by atoms with Crippen LogP contribution in [0.25, 0.3) is 0 Å². The van der Waals surface area contributed by atoms with Crippen LogP contribution in [0.1, 0.15) is 25.9 Å². The Labute approximate surface area is 146 Å². The second kappa shape index (κ2) is 7.32. The molecular weight excluding hydrogens is 322 g/mol. The van der Waals surface area contributed by atoms with Gasteiger partial charge in [-0.2, -0.15) is 0 Å². The molecule has 1 fully saturated rings. The minimum absolute atomic E-state index is 0.0527. The van der Waals surface area contributed by atoms with E-state index >= 15 is 0 Å². The maximum absolute atomic E-state index is 12.7. The van der Waals surface area contributed by atoms with Gasteiger partial charge in [0.2, 0.25) is 0 Å². The van der Waals surface area contributed by atoms with Gasteiger partial charge in [0.25, 0.3) is 5.91 Å². The van der Waals surface area contributed by atoms with Gasteiger partial charge in [-0.1, -0.05) is 12.1 Å². The summed E-state index contributed by atoms with van der Waals surface area (Å²) >= 11 is 1.77. The molecule has 0 unspecified atom stereocenters. The van der Waals surface area contributed by atoms with Crippen LogP contribution in [0.3, 0.4) is 0 Å². The highest BCUT2D eigenvalue weighted by atomic mass is 32.1. The lowest BCUT2D eigenvalue weighted by molar-refractivity contribution is 0.0626. The number of rotatable bonds is 4. The average molecular weight is 345 g/mol. The molecule has 5 nitrogen and oxygen atoms in total. The summed E-state index contributed by atoms with van der Waals surface area (Å²) in [5.74, 6) is 0.692. The van der Waals surface area contributed by atoms with Gasteiger partial charge in [-0.15, -0.1) is 11.3 Å². The molecule has 2 heterocycles. The number of carbonyl (C=O) groups excluding carboxylic acids is 1. The van der Waals surface area contributed by atoms with Gasteiger partial charge in [0.15, 0.2) is 0 Å². The van der Waals surface area contributed by atoms with E-state index in [2.05, 4.69) is 16.8 Å². The van der Waals surface area contributed by atoms with Crippen LogP contribution in [0, 0.1) is 13.8 Å². The van der Waals surface area contributed by atoms with Gasteiger partial charge >= 0.3 is 0 Å². The monoisotopic (exact) mass is 345 g/mol. The molecule has 0 atom stereocenters. The fraction of sp³-hybridized carbons (Fsp3) is 0.444. The topological polar surface area (TPSA) is 45.7 Å². The van der Waals surface area contributed by atoms with E-state index in [0.717, 1.165) is 43.4 Å². The highest BCUT2D eigenvalue weighted by molar-refractivity contribution is 7.11. The number of aryl methyl sites for hydroxylation is 2. The lowest BCUT2D eigenvalue weighted by Crippen LogP contribution is -2.48. The van der Waals surface area contributed by atoms with Crippen molar-refractivity contribution in [3.63, 3.8) is 0 Å². The normalized spacial score (nSPS) is 15.5. The molecule has 0 aliphatic carbocycles. The number of methoxy groups -OCH3 is 1. The van der Waals surface area contributed by atoms with Gasteiger partial charge in [0, 0.05) is 37.6 Å². The van der Waals surface area contributed by atoms with E-state index in [0.29, 0.717) is 11.3 Å². The van der Waals surface area contributed by atoms with E-state index in [1.54, 1.807) is 18.4 Å². The van der Waals surface area contributed by atoms with Crippen molar-refractivity contribution >= 4 is 17.2 Å². The molecule has 1 aromatic carbocycles. The van der Waals surface area contributed by atoms with Crippen LogP contribution in [0.2, 0.25) is 0 Å². The summed E-state index contributed by atoms with van der Waals surface area (Å²) in [5.41, 5.74) is 1.77. The molecule has 0 radical (unpaired) electrons. The van der Waals surface area contributed by atoms with Gasteiger partial charge in [-0.05, 0) is 26.0 Å². The molecule has 0 bridgehead atoms. The van der Waals surface area contributed by atoms with Gasteiger partial charge in [0.05, 0.1) is 23.4 Å².